The van der Waals surface area contributed by atoms with Crippen LogP contribution in [0.3, 0.4) is 0 Å². The molecule has 0 spiro atoms. The van der Waals surface area contributed by atoms with Crippen LogP contribution in [-0.4, -0.2) is 35.7 Å². The number of nitrogens with zero attached hydrogens (tertiary/aromatic N) is 1. The minimum Gasteiger partial charge on any atom is -0.373 e. The molecule has 2 N–H and O–H groups in total. The zero-order chi connectivity index (χ0) is 15.9. The van der Waals surface area contributed by atoms with E-state index in [1.54, 1.807) is 19.2 Å². The fraction of sp³-hybridized carbons (Fsp3) is 0.538. The lowest BCUT2D eigenvalue weighted by atomic mass is 10.1. The van der Waals surface area contributed by atoms with Crippen molar-refractivity contribution < 1.29 is 18.0 Å². The Hall–Kier alpha value is -1.44. The second kappa shape index (κ2) is 8.11. The van der Waals surface area contributed by atoms with Crippen molar-refractivity contribution in [2.24, 2.45) is 0 Å². The third kappa shape index (κ3) is 6.70. The maximum Gasteiger partial charge on any atom is 0.441 e. The van der Waals surface area contributed by atoms with Gasteiger partial charge < -0.3 is 10.6 Å². The molecule has 0 aromatic carbocycles. The smallest absolute Gasteiger partial charge is 0.373 e. The van der Waals surface area contributed by atoms with Gasteiger partial charge in [-0.05, 0) is 30.3 Å². The average molecular weight is 321 g/mol. The maximum atomic E-state index is 12.0. The van der Waals surface area contributed by atoms with E-state index in [2.05, 4.69) is 15.6 Å². The Morgan fingerprint density at radius 1 is 1.38 bits per heavy atom. The van der Waals surface area contributed by atoms with Crippen molar-refractivity contribution in [3.05, 3.63) is 23.4 Å². The molecule has 1 amide bonds. The largest absolute Gasteiger partial charge is 0.441 e. The molecule has 0 bridgehead atoms. The van der Waals surface area contributed by atoms with Gasteiger partial charge in [-0.15, -0.1) is 0 Å². The van der Waals surface area contributed by atoms with Crippen molar-refractivity contribution in [1.29, 1.82) is 0 Å². The van der Waals surface area contributed by atoms with E-state index in [9.17, 15) is 18.0 Å². The highest BCUT2D eigenvalue weighted by Crippen LogP contribution is 2.29. The first-order valence-corrected chi connectivity index (χ1v) is 7.52. The van der Waals surface area contributed by atoms with Crippen LogP contribution in [0.25, 0.3) is 0 Å². The number of halogens is 3. The molecule has 0 aliphatic carbocycles. The van der Waals surface area contributed by atoms with Crippen molar-refractivity contribution in [3.63, 3.8) is 0 Å². The van der Waals surface area contributed by atoms with Gasteiger partial charge >= 0.3 is 5.51 Å². The third-order valence-electron chi connectivity index (χ3n) is 2.56. The number of aromatic nitrogens is 1. The van der Waals surface area contributed by atoms with Crippen LogP contribution in [-0.2, 0) is 6.42 Å². The van der Waals surface area contributed by atoms with E-state index in [1.165, 1.54) is 0 Å². The Morgan fingerprint density at radius 3 is 2.67 bits per heavy atom. The highest BCUT2D eigenvalue weighted by Gasteiger charge is 2.27. The summed E-state index contributed by atoms with van der Waals surface area (Å²) in [6, 6.07) is 3.24. The van der Waals surface area contributed by atoms with Crippen LogP contribution < -0.4 is 10.6 Å². The molecule has 118 valence electrons. The molecule has 0 saturated heterocycles. The van der Waals surface area contributed by atoms with Gasteiger partial charge in [0.05, 0.1) is 0 Å². The predicted molar refractivity (Wildman–Crippen MR) is 78.6 cm³/mol. The molecule has 0 aliphatic rings. The Morgan fingerprint density at radius 2 is 2.10 bits per heavy atom. The number of carbonyl (C=O) groups excluding carboxylic acids is 1. The molecule has 1 aromatic heterocycles. The summed E-state index contributed by atoms with van der Waals surface area (Å²) in [6.45, 7) is 1.96. The van der Waals surface area contributed by atoms with E-state index in [0.717, 1.165) is 18.5 Å². The lowest BCUT2D eigenvalue weighted by Gasteiger charge is -2.10. The second-order valence-electron chi connectivity index (χ2n) is 4.28. The van der Waals surface area contributed by atoms with Crippen LogP contribution in [0.4, 0.5) is 19.0 Å². The van der Waals surface area contributed by atoms with Crippen molar-refractivity contribution in [3.8, 4) is 0 Å². The summed E-state index contributed by atoms with van der Waals surface area (Å²) < 4.78 is 35.9. The van der Waals surface area contributed by atoms with E-state index in [4.69, 9.17) is 0 Å². The summed E-state index contributed by atoms with van der Waals surface area (Å²) in [5.74, 6) is -0.0362. The maximum absolute atomic E-state index is 12.0. The molecule has 0 aliphatic heterocycles. The fourth-order valence-electron chi connectivity index (χ4n) is 1.66. The number of aryl methyl sites for hydroxylation is 1. The van der Waals surface area contributed by atoms with Crippen LogP contribution in [0.15, 0.2) is 12.1 Å². The fourth-order valence-corrected chi connectivity index (χ4v) is 2.10. The van der Waals surface area contributed by atoms with Crippen molar-refractivity contribution >= 4 is 23.5 Å². The van der Waals surface area contributed by atoms with Gasteiger partial charge in [-0.3, -0.25) is 4.79 Å². The molecular weight excluding hydrogens is 303 g/mol. The van der Waals surface area contributed by atoms with Gasteiger partial charge in [0.2, 0.25) is 0 Å². The number of thioether (sulfide) groups is 1. The lowest BCUT2D eigenvalue weighted by Crippen LogP contribution is -2.26. The normalized spacial score (nSPS) is 11.3. The molecular formula is C13H18F3N3OS. The third-order valence-corrected chi connectivity index (χ3v) is 3.29. The minimum atomic E-state index is -4.27. The highest BCUT2D eigenvalue weighted by atomic mass is 32.2. The highest BCUT2D eigenvalue weighted by molar-refractivity contribution is 8.00. The molecule has 0 radical (unpaired) electrons. The average Bonchev–Trinajstić information content (AvgIpc) is 2.42. The number of hydrogen-bond acceptors (Lipinski definition) is 4. The van der Waals surface area contributed by atoms with Gasteiger partial charge in [-0.1, -0.05) is 13.3 Å². The van der Waals surface area contributed by atoms with Crippen molar-refractivity contribution in [1.82, 2.24) is 10.3 Å². The zero-order valence-corrected chi connectivity index (χ0v) is 12.7. The summed E-state index contributed by atoms with van der Waals surface area (Å²) in [7, 11) is 1.69. The molecule has 1 heterocycles. The summed E-state index contributed by atoms with van der Waals surface area (Å²) in [5.41, 5.74) is -3.09. The summed E-state index contributed by atoms with van der Waals surface area (Å²) in [5, 5.41) is 5.34. The molecule has 8 heteroatoms. The van der Waals surface area contributed by atoms with Gasteiger partial charge in [0.25, 0.3) is 5.91 Å². The number of rotatable bonds is 7. The Balaban J connectivity index is 2.62. The Kier molecular flexibility index (Phi) is 6.80. The molecule has 0 fully saturated rings. The first-order valence-electron chi connectivity index (χ1n) is 6.53. The first-order chi connectivity index (χ1) is 9.85. The molecule has 0 saturated carbocycles. The molecule has 1 rings (SSSR count). The number of pyridine rings is 1. The molecule has 0 atom stereocenters. The van der Waals surface area contributed by atoms with E-state index in [1.807, 2.05) is 6.92 Å². The summed E-state index contributed by atoms with van der Waals surface area (Å²) in [4.78, 5) is 16.2. The Bertz CT molecular complexity index is 480. The van der Waals surface area contributed by atoms with E-state index >= 15 is 0 Å². The van der Waals surface area contributed by atoms with Crippen LogP contribution >= 0.6 is 11.8 Å². The number of hydrogen-bond donors (Lipinski definition) is 2. The molecule has 21 heavy (non-hydrogen) atoms. The minimum absolute atomic E-state index is 0.0384. The number of anilines is 1. The quantitative estimate of drug-likeness (QED) is 0.758. The van der Waals surface area contributed by atoms with Crippen LogP contribution in [0.2, 0.25) is 0 Å². The summed E-state index contributed by atoms with van der Waals surface area (Å²) >= 11 is -0.150. The standard InChI is InChI=1S/C13H18F3N3OS/c1-3-4-10-7-9(8-11(17-2)19-10)12(20)18-5-6-21-13(14,15)16/h7-8H,3-6H2,1-2H3,(H,17,19)(H,18,20). The van der Waals surface area contributed by atoms with E-state index < -0.39 is 11.4 Å². The van der Waals surface area contributed by atoms with Crippen LogP contribution in [0.5, 0.6) is 0 Å². The molecule has 1 aromatic rings. The number of carbonyl (C=O) groups is 1. The molecule has 0 unspecified atom stereocenters. The number of amides is 1. The van der Waals surface area contributed by atoms with Crippen molar-refractivity contribution in [2.45, 2.75) is 25.3 Å². The molecule has 4 nitrogen and oxygen atoms in total. The number of alkyl halides is 3. The second-order valence-corrected chi connectivity index (χ2v) is 5.44. The summed E-state index contributed by atoms with van der Waals surface area (Å²) in [6.07, 6.45) is 1.63. The Labute approximate surface area is 125 Å². The lowest BCUT2D eigenvalue weighted by molar-refractivity contribution is -0.0327. The first kappa shape index (κ1) is 17.6. The van der Waals surface area contributed by atoms with Gasteiger partial charge in [0, 0.05) is 30.6 Å². The van der Waals surface area contributed by atoms with E-state index in [0.29, 0.717) is 11.4 Å². The number of nitrogens with one attached hydrogen (secondary N) is 2. The zero-order valence-electron chi connectivity index (χ0n) is 11.9. The van der Waals surface area contributed by atoms with E-state index in [-0.39, 0.29) is 24.1 Å². The monoisotopic (exact) mass is 321 g/mol. The predicted octanol–water partition coefficient (Wildman–Crippen LogP) is 3.06. The van der Waals surface area contributed by atoms with Gasteiger partial charge in [0.15, 0.2) is 0 Å². The SMILES string of the molecule is CCCc1cc(C(=O)NCCSC(F)(F)F)cc(NC)n1. The van der Waals surface area contributed by atoms with Crippen LogP contribution in [0.1, 0.15) is 29.4 Å². The van der Waals surface area contributed by atoms with Crippen molar-refractivity contribution in [2.75, 3.05) is 24.7 Å². The van der Waals surface area contributed by atoms with Gasteiger partial charge in [0.1, 0.15) is 5.82 Å². The van der Waals surface area contributed by atoms with Gasteiger partial charge in [-0.25, -0.2) is 4.98 Å². The van der Waals surface area contributed by atoms with Gasteiger partial charge in [-0.2, -0.15) is 13.2 Å². The topological polar surface area (TPSA) is 54.0 Å². The van der Waals surface area contributed by atoms with Crippen LogP contribution in [0, 0.1) is 0 Å².